The molecule has 1 aromatic rings. The molecule has 0 amide bonds. The highest BCUT2D eigenvalue weighted by molar-refractivity contribution is 6.20. The SMILES string of the molecule is C[C@H](Cl)c1cccc(N)c1. The quantitative estimate of drug-likeness (QED) is 0.490. The molecule has 0 aromatic heterocycles. The third-order valence-electron chi connectivity index (χ3n) is 1.37. The molecular formula is C8H10ClN. The van der Waals surface area contributed by atoms with Crippen LogP contribution in [0.25, 0.3) is 0 Å². The lowest BCUT2D eigenvalue weighted by Gasteiger charge is -2.02. The molecule has 0 heterocycles. The number of hydrogen-bond donors (Lipinski definition) is 1. The van der Waals surface area contributed by atoms with E-state index in [1.165, 1.54) is 0 Å². The fourth-order valence-corrected chi connectivity index (χ4v) is 0.942. The van der Waals surface area contributed by atoms with Crippen LogP contribution in [0.1, 0.15) is 17.9 Å². The molecule has 1 nitrogen and oxygen atoms in total. The van der Waals surface area contributed by atoms with E-state index >= 15 is 0 Å². The van der Waals surface area contributed by atoms with Gasteiger partial charge in [0.15, 0.2) is 0 Å². The van der Waals surface area contributed by atoms with Crippen LogP contribution in [0.3, 0.4) is 0 Å². The van der Waals surface area contributed by atoms with Crippen molar-refractivity contribution < 1.29 is 0 Å². The normalized spacial score (nSPS) is 13.0. The molecule has 0 unspecified atom stereocenters. The minimum absolute atomic E-state index is 0.0449. The molecule has 0 saturated carbocycles. The van der Waals surface area contributed by atoms with Gasteiger partial charge in [-0.2, -0.15) is 0 Å². The number of rotatable bonds is 1. The molecule has 0 aliphatic carbocycles. The van der Waals surface area contributed by atoms with Gasteiger partial charge in [-0.15, -0.1) is 11.6 Å². The van der Waals surface area contributed by atoms with E-state index in [9.17, 15) is 0 Å². The summed E-state index contributed by atoms with van der Waals surface area (Å²) < 4.78 is 0. The molecule has 2 N–H and O–H groups in total. The molecule has 0 saturated heterocycles. The zero-order chi connectivity index (χ0) is 7.56. The van der Waals surface area contributed by atoms with Gasteiger partial charge < -0.3 is 5.73 Å². The summed E-state index contributed by atoms with van der Waals surface area (Å²) >= 11 is 5.82. The van der Waals surface area contributed by atoms with Crippen LogP contribution in [-0.4, -0.2) is 0 Å². The van der Waals surface area contributed by atoms with Crippen LogP contribution in [0.4, 0.5) is 5.69 Å². The molecule has 1 rings (SSSR count). The maximum Gasteiger partial charge on any atom is 0.0557 e. The highest BCUT2D eigenvalue weighted by Crippen LogP contribution is 2.20. The van der Waals surface area contributed by atoms with Crippen LogP contribution >= 0.6 is 11.6 Å². The first-order valence-electron chi connectivity index (χ1n) is 3.19. The molecule has 0 bridgehead atoms. The average Bonchev–Trinajstić information content (AvgIpc) is 1.88. The van der Waals surface area contributed by atoms with E-state index < -0.39 is 0 Å². The molecule has 2 heteroatoms. The minimum atomic E-state index is 0.0449. The van der Waals surface area contributed by atoms with Crippen LogP contribution in [0.2, 0.25) is 0 Å². The predicted octanol–water partition coefficient (Wildman–Crippen LogP) is 2.57. The van der Waals surface area contributed by atoms with Gasteiger partial charge in [0.2, 0.25) is 0 Å². The standard InChI is InChI=1S/C8H10ClN/c1-6(9)7-3-2-4-8(10)5-7/h2-6H,10H2,1H3/t6-/m0/s1. The van der Waals surface area contributed by atoms with Crippen molar-refractivity contribution in [1.29, 1.82) is 0 Å². The number of nitrogens with two attached hydrogens (primary N) is 1. The molecule has 1 atom stereocenters. The van der Waals surface area contributed by atoms with Gasteiger partial charge >= 0.3 is 0 Å². The summed E-state index contributed by atoms with van der Waals surface area (Å²) in [6.45, 7) is 1.93. The van der Waals surface area contributed by atoms with E-state index in [0.29, 0.717) is 0 Å². The van der Waals surface area contributed by atoms with E-state index in [2.05, 4.69) is 0 Å². The zero-order valence-electron chi connectivity index (χ0n) is 5.84. The Morgan fingerprint density at radius 1 is 1.50 bits per heavy atom. The second-order valence-corrected chi connectivity index (χ2v) is 2.94. The van der Waals surface area contributed by atoms with E-state index in [1.54, 1.807) is 0 Å². The van der Waals surface area contributed by atoms with Gasteiger partial charge in [0, 0.05) is 5.69 Å². The number of hydrogen-bond acceptors (Lipinski definition) is 1. The predicted molar refractivity (Wildman–Crippen MR) is 45.1 cm³/mol. The first-order chi connectivity index (χ1) is 4.70. The Morgan fingerprint density at radius 2 is 2.20 bits per heavy atom. The summed E-state index contributed by atoms with van der Waals surface area (Å²) in [6.07, 6.45) is 0. The fourth-order valence-electron chi connectivity index (χ4n) is 0.806. The lowest BCUT2D eigenvalue weighted by molar-refractivity contribution is 1.09. The highest BCUT2D eigenvalue weighted by atomic mass is 35.5. The van der Waals surface area contributed by atoms with Gasteiger partial charge in [0.05, 0.1) is 5.38 Å². The summed E-state index contributed by atoms with van der Waals surface area (Å²) in [4.78, 5) is 0. The van der Waals surface area contributed by atoms with Crippen molar-refractivity contribution in [1.82, 2.24) is 0 Å². The van der Waals surface area contributed by atoms with Crippen molar-refractivity contribution in [3.05, 3.63) is 29.8 Å². The number of alkyl halides is 1. The molecule has 0 spiro atoms. The summed E-state index contributed by atoms with van der Waals surface area (Å²) in [5.74, 6) is 0. The Kier molecular flexibility index (Phi) is 2.17. The minimum Gasteiger partial charge on any atom is -0.399 e. The van der Waals surface area contributed by atoms with Crippen molar-refractivity contribution >= 4 is 17.3 Å². The van der Waals surface area contributed by atoms with Crippen LogP contribution in [0.5, 0.6) is 0 Å². The van der Waals surface area contributed by atoms with Crippen LogP contribution < -0.4 is 5.73 Å². The molecule has 0 aliphatic heterocycles. The first-order valence-corrected chi connectivity index (χ1v) is 3.63. The van der Waals surface area contributed by atoms with E-state index in [1.807, 2.05) is 31.2 Å². The van der Waals surface area contributed by atoms with Gasteiger partial charge in [0.25, 0.3) is 0 Å². The fraction of sp³-hybridized carbons (Fsp3) is 0.250. The first kappa shape index (κ1) is 7.42. The maximum absolute atomic E-state index is 5.82. The third kappa shape index (κ3) is 1.64. The van der Waals surface area contributed by atoms with Gasteiger partial charge in [-0.05, 0) is 24.6 Å². The van der Waals surface area contributed by atoms with E-state index in [4.69, 9.17) is 17.3 Å². The highest BCUT2D eigenvalue weighted by Gasteiger charge is 1.98. The molecule has 0 fully saturated rings. The second-order valence-electron chi connectivity index (χ2n) is 2.29. The Morgan fingerprint density at radius 3 is 2.60 bits per heavy atom. The van der Waals surface area contributed by atoms with Crippen molar-refractivity contribution in [2.24, 2.45) is 0 Å². The Bertz CT molecular complexity index is 220. The smallest absolute Gasteiger partial charge is 0.0557 e. The summed E-state index contributed by atoms with van der Waals surface area (Å²) in [7, 11) is 0. The zero-order valence-corrected chi connectivity index (χ0v) is 6.60. The molecule has 0 radical (unpaired) electrons. The Hall–Kier alpha value is -0.690. The molecule has 0 aliphatic rings. The topological polar surface area (TPSA) is 26.0 Å². The van der Waals surface area contributed by atoms with Crippen LogP contribution in [-0.2, 0) is 0 Å². The summed E-state index contributed by atoms with van der Waals surface area (Å²) in [6, 6.07) is 7.61. The number of nitrogen functional groups attached to an aromatic ring is 1. The van der Waals surface area contributed by atoms with E-state index in [0.717, 1.165) is 11.3 Å². The lowest BCUT2D eigenvalue weighted by atomic mass is 10.1. The van der Waals surface area contributed by atoms with Gasteiger partial charge in [0.1, 0.15) is 0 Å². The number of halogens is 1. The monoisotopic (exact) mass is 155 g/mol. The molecule has 10 heavy (non-hydrogen) atoms. The third-order valence-corrected chi connectivity index (χ3v) is 1.62. The summed E-state index contributed by atoms with van der Waals surface area (Å²) in [5, 5.41) is 0.0449. The largest absolute Gasteiger partial charge is 0.399 e. The Balaban J connectivity index is 2.96. The summed E-state index contributed by atoms with van der Waals surface area (Å²) in [5.41, 5.74) is 7.38. The van der Waals surface area contributed by atoms with Crippen molar-refractivity contribution in [3.63, 3.8) is 0 Å². The van der Waals surface area contributed by atoms with Crippen molar-refractivity contribution in [3.8, 4) is 0 Å². The Labute approximate surface area is 65.8 Å². The van der Waals surface area contributed by atoms with E-state index in [-0.39, 0.29) is 5.38 Å². The van der Waals surface area contributed by atoms with Gasteiger partial charge in [-0.3, -0.25) is 0 Å². The van der Waals surface area contributed by atoms with Gasteiger partial charge in [-0.1, -0.05) is 12.1 Å². The van der Waals surface area contributed by atoms with Crippen LogP contribution in [0.15, 0.2) is 24.3 Å². The number of anilines is 1. The van der Waals surface area contributed by atoms with Crippen molar-refractivity contribution in [2.75, 3.05) is 5.73 Å². The molecule has 54 valence electrons. The second kappa shape index (κ2) is 2.93. The maximum atomic E-state index is 5.82. The average molecular weight is 156 g/mol. The van der Waals surface area contributed by atoms with Crippen LogP contribution in [0, 0.1) is 0 Å². The van der Waals surface area contributed by atoms with Gasteiger partial charge in [-0.25, -0.2) is 0 Å². The lowest BCUT2D eigenvalue weighted by Crippen LogP contribution is -1.88. The molecule has 1 aromatic carbocycles. The van der Waals surface area contributed by atoms with Crippen molar-refractivity contribution in [2.45, 2.75) is 12.3 Å². The molecular weight excluding hydrogens is 146 g/mol. The number of benzene rings is 1.